The first-order chi connectivity index (χ1) is 15.7. The van der Waals surface area contributed by atoms with Crippen LogP contribution < -0.4 is 10.1 Å². The maximum absolute atomic E-state index is 12.8. The van der Waals surface area contributed by atoms with Crippen LogP contribution in [0.4, 0.5) is 13.2 Å². The Balaban J connectivity index is 1.66. The van der Waals surface area contributed by atoms with Crippen LogP contribution in [0.15, 0.2) is 72.8 Å². The predicted molar refractivity (Wildman–Crippen MR) is 117 cm³/mol. The number of carbonyl (C=O) groups excluding carboxylic acids is 2. The van der Waals surface area contributed by atoms with Gasteiger partial charge in [-0.1, -0.05) is 42.5 Å². The molecule has 1 amide bonds. The Morgan fingerprint density at radius 3 is 2.18 bits per heavy atom. The van der Waals surface area contributed by atoms with Crippen molar-refractivity contribution in [1.82, 2.24) is 5.32 Å². The van der Waals surface area contributed by atoms with E-state index in [1.54, 1.807) is 49.6 Å². The molecule has 0 bridgehead atoms. The Kier molecular flexibility index (Phi) is 7.37. The number of ether oxygens (including phenoxy) is 2. The Hall–Kier alpha value is -3.81. The molecule has 33 heavy (non-hydrogen) atoms. The monoisotopic (exact) mass is 457 g/mol. The molecule has 0 aliphatic carbocycles. The van der Waals surface area contributed by atoms with Crippen LogP contribution in [0.5, 0.6) is 5.75 Å². The van der Waals surface area contributed by atoms with Gasteiger partial charge < -0.3 is 14.8 Å². The third kappa shape index (κ3) is 6.12. The largest absolute Gasteiger partial charge is 0.497 e. The molecule has 172 valence electrons. The number of hydrogen-bond donors (Lipinski definition) is 1. The number of alkyl halides is 3. The summed E-state index contributed by atoms with van der Waals surface area (Å²) in [5.74, 6) is -0.539. The molecule has 0 aliphatic heterocycles. The van der Waals surface area contributed by atoms with Crippen LogP contribution in [0.2, 0.25) is 0 Å². The van der Waals surface area contributed by atoms with Gasteiger partial charge in [0.25, 0.3) is 5.91 Å². The zero-order valence-corrected chi connectivity index (χ0v) is 18.0. The first kappa shape index (κ1) is 23.8. The third-order valence-corrected chi connectivity index (χ3v) is 4.95. The van der Waals surface area contributed by atoms with E-state index in [4.69, 9.17) is 9.47 Å². The second kappa shape index (κ2) is 10.2. The van der Waals surface area contributed by atoms with E-state index in [1.807, 2.05) is 0 Å². The average molecular weight is 457 g/mol. The molecule has 0 saturated carbocycles. The van der Waals surface area contributed by atoms with Gasteiger partial charge in [0.1, 0.15) is 5.75 Å². The number of esters is 1. The van der Waals surface area contributed by atoms with Gasteiger partial charge in [-0.25, -0.2) is 4.79 Å². The van der Waals surface area contributed by atoms with Crippen LogP contribution in [-0.4, -0.2) is 25.1 Å². The van der Waals surface area contributed by atoms with Gasteiger partial charge in [0.15, 0.2) is 6.10 Å². The fourth-order valence-corrected chi connectivity index (χ4v) is 3.11. The summed E-state index contributed by atoms with van der Waals surface area (Å²) in [5, 5.41) is 2.70. The summed E-state index contributed by atoms with van der Waals surface area (Å²) in [6.45, 7) is 1.69. The SMILES string of the molecule is COc1ccc(CNC(=O)C(C)OC(=O)c2ccccc2-c2ccc(C(F)(F)F)cc2)cc1. The topological polar surface area (TPSA) is 64.6 Å². The van der Waals surface area contributed by atoms with Gasteiger partial charge in [-0.15, -0.1) is 0 Å². The summed E-state index contributed by atoms with van der Waals surface area (Å²) in [6.07, 6.45) is -5.53. The van der Waals surface area contributed by atoms with E-state index in [0.29, 0.717) is 16.9 Å². The lowest BCUT2D eigenvalue weighted by molar-refractivity contribution is -0.137. The summed E-state index contributed by atoms with van der Waals surface area (Å²) in [7, 11) is 1.56. The van der Waals surface area contributed by atoms with Crippen LogP contribution in [0, 0.1) is 0 Å². The second-order valence-electron chi connectivity index (χ2n) is 7.23. The molecule has 0 heterocycles. The normalized spacial score (nSPS) is 12.0. The number of rotatable bonds is 7. The summed E-state index contributed by atoms with van der Waals surface area (Å²) in [4.78, 5) is 25.1. The molecule has 0 spiro atoms. The van der Waals surface area contributed by atoms with Crippen molar-refractivity contribution >= 4 is 11.9 Å². The highest BCUT2D eigenvalue weighted by molar-refractivity contribution is 5.98. The minimum atomic E-state index is -4.45. The van der Waals surface area contributed by atoms with Gasteiger partial charge in [-0.3, -0.25) is 4.79 Å². The molecule has 5 nitrogen and oxygen atoms in total. The van der Waals surface area contributed by atoms with Gasteiger partial charge in [0.05, 0.1) is 18.2 Å². The van der Waals surface area contributed by atoms with E-state index in [9.17, 15) is 22.8 Å². The summed E-state index contributed by atoms with van der Waals surface area (Å²) < 4.78 is 48.9. The van der Waals surface area contributed by atoms with Crippen LogP contribution in [0.3, 0.4) is 0 Å². The number of hydrogen-bond acceptors (Lipinski definition) is 4. The zero-order valence-electron chi connectivity index (χ0n) is 18.0. The Morgan fingerprint density at radius 2 is 1.58 bits per heavy atom. The third-order valence-electron chi connectivity index (χ3n) is 4.95. The first-order valence-electron chi connectivity index (χ1n) is 10.1. The molecule has 0 radical (unpaired) electrons. The first-order valence-corrected chi connectivity index (χ1v) is 10.1. The minimum absolute atomic E-state index is 0.145. The Bertz CT molecular complexity index is 1110. The number of benzene rings is 3. The lowest BCUT2D eigenvalue weighted by atomic mass is 9.98. The number of nitrogens with one attached hydrogen (secondary N) is 1. The highest BCUT2D eigenvalue weighted by Crippen LogP contribution is 2.32. The highest BCUT2D eigenvalue weighted by Gasteiger charge is 2.30. The van der Waals surface area contributed by atoms with Gasteiger partial charge in [0, 0.05) is 6.54 Å². The van der Waals surface area contributed by atoms with E-state index >= 15 is 0 Å². The fourth-order valence-electron chi connectivity index (χ4n) is 3.11. The van der Waals surface area contributed by atoms with Crippen molar-refractivity contribution in [2.45, 2.75) is 25.7 Å². The smallest absolute Gasteiger partial charge is 0.416 e. The van der Waals surface area contributed by atoms with Crippen molar-refractivity contribution in [3.63, 3.8) is 0 Å². The molecule has 3 rings (SSSR count). The molecule has 0 fully saturated rings. The maximum Gasteiger partial charge on any atom is 0.416 e. The molecule has 1 unspecified atom stereocenters. The van der Waals surface area contributed by atoms with Gasteiger partial charge in [-0.05, 0) is 53.9 Å². The van der Waals surface area contributed by atoms with Crippen LogP contribution >= 0.6 is 0 Å². The molecule has 0 aromatic heterocycles. The summed E-state index contributed by atoms with van der Waals surface area (Å²) >= 11 is 0. The van der Waals surface area contributed by atoms with E-state index in [-0.39, 0.29) is 12.1 Å². The van der Waals surface area contributed by atoms with Crippen LogP contribution in [0.1, 0.15) is 28.4 Å². The molecule has 1 atom stereocenters. The molecule has 1 N–H and O–H groups in total. The quantitative estimate of drug-likeness (QED) is 0.493. The minimum Gasteiger partial charge on any atom is -0.497 e. The fraction of sp³-hybridized carbons (Fsp3) is 0.200. The van der Waals surface area contributed by atoms with Crippen molar-refractivity contribution in [1.29, 1.82) is 0 Å². The van der Waals surface area contributed by atoms with Crippen molar-refractivity contribution in [3.8, 4) is 16.9 Å². The summed E-state index contributed by atoms with van der Waals surface area (Å²) in [6, 6.07) is 18.0. The lowest BCUT2D eigenvalue weighted by Gasteiger charge is -2.16. The van der Waals surface area contributed by atoms with E-state index in [2.05, 4.69) is 5.32 Å². The molecular weight excluding hydrogens is 435 g/mol. The second-order valence-corrected chi connectivity index (χ2v) is 7.23. The predicted octanol–water partition coefficient (Wildman–Crippen LogP) is 5.24. The average Bonchev–Trinajstić information content (AvgIpc) is 2.82. The Labute approximate surface area is 189 Å². The van der Waals surface area contributed by atoms with Crippen LogP contribution in [0.25, 0.3) is 11.1 Å². The van der Waals surface area contributed by atoms with E-state index in [0.717, 1.165) is 17.7 Å². The standard InChI is InChI=1S/C25H22F3NO4/c1-16(23(30)29-15-17-7-13-20(32-2)14-8-17)33-24(31)22-6-4-3-5-21(22)18-9-11-19(12-10-18)25(26,27)28/h3-14,16H,15H2,1-2H3,(H,29,30). The van der Waals surface area contributed by atoms with E-state index in [1.165, 1.54) is 25.1 Å². The molecule has 8 heteroatoms. The van der Waals surface area contributed by atoms with Gasteiger partial charge >= 0.3 is 12.1 Å². The molecule has 3 aromatic carbocycles. The number of carbonyl (C=O) groups is 2. The lowest BCUT2D eigenvalue weighted by Crippen LogP contribution is -2.35. The number of methoxy groups -OCH3 is 1. The zero-order chi connectivity index (χ0) is 24.0. The van der Waals surface area contributed by atoms with Gasteiger partial charge in [-0.2, -0.15) is 13.2 Å². The Morgan fingerprint density at radius 1 is 0.939 bits per heavy atom. The van der Waals surface area contributed by atoms with Crippen molar-refractivity contribution in [3.05, 3.63) is 89.5 Å². The van der Waals surface area contributed by atoms with Crippen molar-refractivity contribution in [2.75, 3.05) is 7.11 Å². The highest BCUT2D eigenvalue weighted by atomic mass is 19.4. The van der Waals surface area contributed by atoms with Gasteiger partial charge in [0.2, 0.25) is 0 Å². The van der Waals surface area contributed by atoms with Crippen molar-refractivity contribution < 1.29 is 32.2 Å². The maximum atomic E-state index is 12.8. The molecule has 0 aliphatic rings. The number of amides is 1. The molecule has 3 aromatic rings. The molecule has 0 saturated heterocycles. The van der Waals surface area contributed by atoms with E-state index < -0.39 is 29.7 Å². The van der Waals surface area contributed by atoms with Crippen LogP contribution in [-0.2, 0) is 22.3 Å². The van der Waals surface area contributed by atoms with Crippen molar-refractivity contribution in [2.24, 2.45) is 0 Å². The molecular formula is C25H22F3NO4. The summed E-state index contributed by atoms with van der Waals surface area (Å²) in [5.41, 5.74) is 1.03. The number of halogens is 3.